The highest BCUT2D eigenvalue weighted by Gasteiger charge is 2.04. The van der Waals surface area contributed by atoms with Gasteiger partial charge in [0.1, 0.15) is 0 Å². The van der Waals surface area contributed by atoms with Gasteiger partial charge >= 0.3 is 0 Å². The van der Waals surface area contributed by atoms with Crippen LogP contribution in [0.15, 0.2) is 42.5 Å². The van der Waals surface area contributed by atoms with Crippen LogP contribution in [0.4, 0.5) is 5.69 Å². The number of rotatable bonds is 6. The molecule has 0 saturated carbocycles. The first kappa shape index (κ1) is 17.4. The van der Waals surface area contributed by atoms with Crippen LogP contribution < -0.4 is 10.6 Å². The molecule has 0 fully saturated rings. The fraction of sp³-hybridized carbons (Fsp3) is 0.312. The van der Waals surface area contributed by atoms with E-state index in [1.165, 1.54) is 0 Å². The minimum absolute atomic E-state index is 0. The number of amides is 1. The number of carbonyl (C=O) groups is 1. The number of likely N-dealkylation sites (N-methyl/N-ethyl adjacent to an activating group) is 1. The maximum Gasteiger partial charge on any atom is 0.238 e. The second-order valence-corrected chi connectivity index (χ2v) is 5.05. The Labute approximate surface area is 131 Å². The SMILES string of the molecule is CN(C)CCNCC(=O)Nc1cccc2ccccc12.Cl. The third-order valence-corrected chi connectivity index (χ3v) is 3.09. The van der Waals surface area contributed by atoms with Crippen LogP contribution in [-0.4, -0.2) is 44.5 Å². The zero-order chi connectivity index (χ0) is 14.4. The van der Waals surface area contributed by atoms with Gasteiger partial charge in [-0.05, 0) is 25.5 Å². The van der Waals surface area contributed by atoms with Gasteiger partial charge in [-0.15, -0.1) is 12.4 Å². The van der Waals surface area contributed by atoms with Gasteiger partial charge in [-0.25, -0.2) is 0 Å². The fourth-order valence-corrected chi connectivity index (χ4v) is 2.03. The lowest BCUT2D eigenvalue weighted by molar-refractivity contribution is -0.115. The first-order chi connectivity index (χ1) is 9.66. The van der Waals surface area contributed by atoms with Gasteiger partial charge in [0.2, 0.25) is 5.91 Å². The van der Waals surface area contributed by atoms with Crippen LogP contribution in [0.25, 0.3) is 10.8 Å². The monoisotopic (exact) mass is 307 g/mol. The summed E-state index contributed by atoms with van der Waals surface area (Å²) in [4.78, 5) is 14.0. The van der Waals surface area contributed by atoms with Crippen molar-refractivity contribution >= 4 is 34.8 Å². The molecule has 2 aromatic rings. The summed E-state index contributed by atoms with van der Waals surface area (Å²) in [5, 5.41) is 8.29. The summed E-state index contributed by atoms with van der Waals surface area (Å²) in [5.41, 5.74) is 0.863. The van der Waals surface area contributed by atoms with Crippen LogP contribution in [0.3, 0.4) is 0 Å². The van der Waals surface area contributed by atoms with E-state index in [1.807, 2.05) is 56.6 Å². The third-order valence-electron chi connectivity index (χ3n) is 3.09. The highest BCUT2D eigenvalue weighted by Crippen LogP contribution is 2.22. The molecule has 2 N–H and O–H groups in total. The number of hydrogen-bond donors (Lipinski definition) is 2. The molecular formula is C16H22ClN3O. The van der Waals surface area contributed by atoms with Gasteiger partial charge in [0, 0.05) is 24.2 Å². The van der Waals surface area contributed by atoms with E-state index in [0.717, 1.165) is 29.5 Å². The number of halogens is 1. The molecule has 0 unspecified atom stereocenters. The van der Waals surface area contributed by atoms with E-state index in [2.05, 4.69) is 15.5 Å². The van der Waals surface area contributed by atoms with Gasteiger partial charge in [-0.1, -0.05) is 36.4 Å². The number of anilines is 1. The number of hydrogen-bond acceptors (Lipinski definition) is 3. The highest BCUT2D eigenvalue weighted by atomic mass is 35.5. The first-order valence-electron chi connectivity index (χ1n) is 6.80. The average Bonchev–Trinajstić information content (AvgIpc) is 2.44. The largest absolute Gasteiger partial charge is 0.324 e. The minimum Gasteiger partial charge on any atom is -0.324 e. The molecule has 0 aliphatic heterocycles. The summed E-state index contributed by atoms with van der Waals surface area (Å²) in [6.45, 7) is 2.05. The average molecular weight is 308 g/mol. The molecule has 0 saturated heterocycles. The zero-order valence-electron chi connectivity index (χ0n) is 12.4. The van der Waals surface area contributed by atoms with Crippen molar-refractivity contribution in [3.8, 4) is 0 Å². The van der Waals surface area contributed by atoms with Gasteiger partial charge in [-0.3, -0.25) is 4.79 Å². The van der Waals surface area contributed by atoms with E-state index in [9.17, 15) is 4.79 Å². The summed E-state index contributed by atoms with van der Waals surface area (Å²) in [6.07, 6.45) is 0. The molecule has 0 radical (unpaired) electrons. The van der Waals surface area contributed by atoms with E-state index < -0.39 is 0 Å². The van der Waals surface area contributed by atoms with E-state index in [0.29, 0.717) is 6.54 Å². The van der Waals surface area contributed by atoms with Crippen LogP contribution in [-0.2, 0) is 4.79 Å². The van der Waals surface area contributed by atoms with E-state index >= 15 is 0 Å². The Morgan fingerprint density at radius 3 is 2.57 bits per heavy atom. The molecule has 0 heterocycles. The van der Waals surface area contributed by atoms with Crippen molar-refractivity contribution in [1.29, 1.82) is 0 Å². The molecule has 5 heteroatoms. The molecule has 2 rings (SSSR count). The lowest BCUT2D eigenvalue weighted by atomic mass is 10.1. The van der Waals surface area contributed by atoms with Crippen molar-refractivity contribution in [3.63, 3.8) is 0 Å². The van der Waals surface area contributed by atoms with E-state index in [-0.39, 0.29) is 18.3 Å². The van der Waals surface area contributed by atoms with Crippen LogP contribution in [0.1, 0.15) is 0 Å². The second kappa shape index (κ2) is 8.62. The van der Waals surface area contributed by atoms with E-state index in [4.69, 9.17) is 0 Å². The molecule has 4 nitrogen and oxygen atoms in total. The maximum atomic E-state index is 11.9. The van der Waals surface area contributed by atoms with Gasteiger partial charge in [0.25, 0.3) is 0 Å². The quantitative estimate of drug-likeness (QED) is 0.805. The summed E-state index contributed by atoms with van der Waals surface area (Å²) in [6, 6.07) is 14.0. The van der Waals surface area contributed by atoms with E-state index in [1.54, 1.807) is 0 Å². The summed E-state index contributed by atoms with van der Waals surface area (Å²) in [5.74, 6) is -0.0138. The predicted octanol–water partition coefficient (Wildman–Crippen LogP) is 2.35. The molecule has 1 amide bonds. The standard InChI is InChI=1S/C16H21N3O.ClH/c1-19(2)11-10-17-12-16(20)18-15-9-5-7-13-6-3-4-8-14(13)15;/h3-9,17H,10-12H2,1-2H3,(H,18,20);1H. The van der Waals surface area contributed by atoms with Gasteiger partial charge < -0.3 is 15.5 Å². The predicted molar refractivity (Wildman–Crippen MR) is 91.2 cm³/mol. The number of fused-ring (bicyclic) bond motifs is 1. The topological polar surface area (TPSA) is 44.4 Å². The van der Waals surface area contributed by atoms with Crippen LogP contribution >= 0.6 is 12.4 Å². The molecule has 114 valence electrons. The molecule has 0 spiro atoms. The van der Waals surface area contributed by atoms with Crippen molar-refractivity contribution in [1.82, 2.24) is 10.2 Å². The Morgan fingerprint density at radius 1 is 1.10 bits per heavy atom. The zero-order valence-corrected chi connectivity index (χ0v) is 13.2. The normalized spacial score (nSPS) is 10.4. The van der Waals surface area contributed by atoms with Gasteiger partial charge in [0.05, 0.1) is 6.54 Å². The van der Waals surface area contributed by atoms with Crippen LogP contribution in [0, 0.1) is 0 Å². The number of carbonyl (C=O) groups excluding carboxylic acids is 1. The Hall–Kier alpha value is -1.62. The molecule has 0 aliphatic carbocycles. The Balaban J connectivity index is 0.00000220. The number of nitrogens with one attached hydrogen (secondary N) is 2. The molecule has 0 aromatic heterocycles. The molecule has 21 heavy (non-hydrogen) atoms. The van der Waals surface area contributed by atoms with Crippen molar-refractivity contribution in [3.05, 3.63) is 42.5 Å². The molecule has 0 aliphatic rings. The number of benzene rings is 2. The first-order valence-corrected chi connectivity index (χ1v) is 6.80. The number of nitrogens with zero attached hydrogens (tertiary/aromatic N) is 1. The van der Waals surface area contributed by atoms with Crippen molar-refractivity contribution in [2.75, 3.05) is 39.0 Å². The van der Waals surface area contributed by atoms with Gasteiger partial charge in [0.15, 0.2) is 0 Å². The second-order valence-electron chi connectivity index (χ2n) is 5.05. The van der Waals surface area contributed by atoms with Crippen molar-refractivity contribution in [2.45, 2.75) is 0 Å². The fourth-order valence-electron chi connectivity index (χ4n) is 2.03. The highest BCUT2D eigenvalue weighted by molar-refractivity contribution is 6.02. The molecule has 0 bridgehead atoms. The molecule has 2 aromatic carbocycles. The summed E-state index contributed by atoms with van der Waals surface area (Å²) >= 11 is 0. The third kappa shape index (κ3) is 5.34. The minimum atomic E-state index is -0.0138. The molecule has 0 atom stereocenters. The van der Waals surface area contributed by atoms with Crippen molar-refractivity contribution in [2.24, 2.45) is 0 Å². The lowest BCUT2D eigenvalue weighted by Crippen LogP contribution is -2.33. The Bertz CT molecular complexity index is 581. The smallest absolute Gasteiger partial charge is 0.238 e. The molecular weight excluding hydrogens is 286 g/mol. The Kier molecular flexibility index (Phi) is 7.15. The lowest BCUT2D eigenvalue weighted by Gasteiger charge is -2.11. The van der Waals surface area contributed by atoms with Crippen LogP contribution in [0.2, 0.25) is 0 Å². The van der Waals surface area contributed by atoms with Gasteiger partial charge in [-0.2, -0.15) is 0 Å². The maximum absolute atomic E-state index is 11.9. The van der Waals surface area contributed by atoms with Crippen molar-refractivity contribution < 1.29 is 4.79 Å². The summed E-state index contributed by atoms with van der Waals surface area (Å²) in [7, 11) is 4.02. The summed E-state index contributed by atoms with van der Waals surface area (Å²) < 4.78 is 0. The van der Waals surface area contributed by atoms with Crippen LogP contribution in [0.5, 0.6) is 0 Å². The Morgan fingerprint density at radius 2 is 1.81 bits per heavy atom.